The van der Waals surface area contributed by atoms with Gasteiger partial charge in [0.1, 0.15) is 0 Å². The number of rotatable bonds is 7. The first kappa shape index (κ1) is 36.2. The Morgan fingerprint density at radius 1 is 0.805 bits per heavy atom. The SMILES string of the molecule is CCCCN=C1CCCC=C1[N-]c1c(C(C)C)cccc1C(C)C.[CH2+]c1ccccc1[CH2-].[CH2+]c1ccccc1[CH2-].[Sc]. The molecule has 3 aromatic carbocycles. The van der Waals surface area contributed by atoms with E-state index in [1.165, 1.54) is 35.4 Å². The van der Waals surface area contributed by atoms with Gasteiger partial charge in [-0.15, -0.1) is 37.4 Å². The Hall–Kier alpha value is -2.78. The van der Waals surface area contributed by atoms with Gasteiger partial charge in [0, 0.05) is 49.2 Å². The molecule has 0 atom stereocenters. The average molecular weight is 579 g/mol. The van der Waals surface area contributed by atoms with Crippen LogP contribution in [0.1, 0.15) is 112 Å². The predicted molar refractivity (Wildman–Crippen MR) is 178 cm³/mol. The van der Waals surface area contributed by atoms with Gasteiger partial charge in [-0.05, 0) is 75.6 Å². The van der Waals surface area contributed by atoms with E-state index in [4.69, 9.17) is 10.3 Å². The van der Waals surface area contributed by atoms with Gasteiger partial charge in [-0.2, -0.15) is 0 Å². The smallest absolute Gasteiger partial charge is 0.0391 e. The van der Waals surface area contributed by atoms with E-state index in [1.807, 2.05) is 48.5 Å². The van der Waals surface area contributed by atoms with Gasteiger partial charge in [-0.25, -0.2) is 0 Å². The summed E-state index contributed by atoms with van der Waals surface area (Å²) in [6.45, 7) is 27.2. The molecule has 4 rings (SSSR count). The van der Waals surface area contributed by atoms with Crippen molar-refractivity contribution in [2.75, 3.05) is 6.54 Å². The van der Waals surface area contributed by atoms with Crippen LogP contribution in [-0.4, -0.2) is 12.3 Å². The second-order valence-corrected chi connectivity index (χ2v) is 10.9. The van der Waals surface area contributed by atoms with Crippen molar-refractivity contribution in [2.24, 2.45) is 4.99 Å². The van der Waals surface area contributed by atoms with Gasteiger partial charge in [-0.3, -0.25) is 4.99 Å². The van der Waals surface area contributed by atoms with Crippen molar-refractivity contribution in [3.63, 3.8) is 0 Å². The number of aliphatic imine (C=N–C) groups is 1. The molecule has 215 valence electrons. The summed E-state index contributed by atoms with van der Waals surface area (Å²) in [6, 6.07) is 22.2. The Balaban J connectivity index is 0.000000401. The Bertz CT molecular complexity index is 1120. The molecule has 0 spiro atoms. The van der Waals surface area contributed by atoms with E-state index in [9.17, 15) is 0 Å². The normalized spacial score (nSPS) is 13.3. The molecule has 1 aliphatic rings. The van der Waals surface area contributed by atoms with Gasteiger partial charge in [0.15, 0.2) is 0 Å². The van der Waals surface area contributed by atoms with Crippen LogP contribution in [0.25, 0.3) is 5.32 Å². The fourth-order valence-corrected chi connectivity index (χ4v) is 4.27. The summed E-state index contributed by atoms with van der Waals surface area (Å²) in [5.74, 6) is 0.958. The molecule has 0 bridgehead atoms. The summed E-state index contributed by atoms with van der Waals surface area (Å²) >= 11 is 0. The van der Waals surface area contributed by atoms with Gasteiger partial charge >= 0.3 is 0 Å². The molecular weight excluding hydrogens is 529 g/mol. The quantitative estimate of drug-likeness (QED) is 0.197. The molecule has 2 nitrogen and oxygen atoms in total. The summed E-state index contributed by atoms with van der Waals surface area (Å²) in [7, 11) is 0. The minimum Gasteiger partial charge on any atom is -0.656 e. The molecule has 0 fully saturated rings. The van der Waals surface area contributed by atoms with E-state index < -0.39 is 0 Å². The Morgan fingerprint density at radius 3 is 1.73 bits per heavy atom. The van der Waals surface area contributed by atoms with E-state index >= 15 is 0 Å². The van der Waals surface area contributed by atoms with Crippen LogP contribution in [0.5, 0.6) is 0 Å². The zero-order valence-corrected chi connectivity index (χ0v) is 27.9. The summed E-state index contributed by atoms with van der Waals surface area (Å²) in [4.78, 5) is 4.85. The van der Waals surface area contributed by atoms with Gasteiger partial charge in [0.25, 0.3) is 0 Å². The molecule has 0 amide bonds. The molecule has 1 aliphatic carbocycles. The first-order valence-electron chi connectivity index (χ1n) is 14.7. The summed E-state index contributed by atoms with van der Waals surface area (Å²) in [5, 5.41) is 5.15. The van der Waals surface area contributed by atoms with Crippen LogP contribution in [0.3, 0.4) is 0 Å². The number of unbranched alkanes of at least 4 members (excludes halogenated alkanes) is 1. The number of benzene rings is 3. The van der Waals surface area contributed by atoms with Gasteiger partial charge in [0.05, 0.1) is 0 Å². The number of hydrogen-bond acceptors (Lipinski definition) is 1. The second-order valence-electron chi connectivity index (χ2n) is 10.9. The predicted octanol–water partition coefficient (Wildman–Crippen LogP) is 11.3. The summed E-state index contributed by atoms with van der Waals surface area (Å²) in [6.07, 6.45) is 8.03. The molecule has 0 aliphatic heterocycles. The number of para-hydroxylation sites is 1. The standard InChI is InChI=1S/C22H33N2.2C8H8.Sc/c1-6-7-15-23-20-13-8-9-14-21(20)24-22-18(16(2)3)11-10-12-19(22)17(4)5;2*1-7-5-3-4-6-8(7)2;/h10-12,14,16-17H,6-9,13,15H2,1-5H3;2*3-6H,1-2H2;/q-1;;;. The molecule has 0 N–H and O–H groups in total. The van der Waals surface area contributed by atoms with Crippen molar-refractivity contribution in [1.29, 1.82) is 0 Å². The van der Waals surface area contributed by atoms with E-state index in [2.05, 4.69) is 86.6 Å². The molecule has 41 heavy (non-hydrogen) atoms. The molecule has 0 aromatic heterocycles. The first-order valence-corrected chi connectivity index (χ1v) is 14.7. The van der Waals surface area contributed by atoms with Crippen LogP contribution in [0.2, 0.25) is 0 Å². The van der Waals surface area contributed by atoms with Gasteiger partial charge < -0.3 is 5.32 Å². The van der Waals surface area contributed by atoms with Crippen molar-refractivity contribution in [2.45, 2.75) is 78.6 Å². The second kappa shape index (κ2) is 19.4. The van der Waals surface area contributed by atoms with E-state index in [1.54, 1.807) is 0 Å². The maximum Gasteiger partial charge on any atom is 0.0391 e. The third-order valence-corrected chi connectivity index (χ3v) is 6.88. The zero-order valence-electron chi connectivity index (χ0n) is 26.1. The third kappa shape index (κ3) is 12.3. The van der Waals surface area contributed by atoms with Crippen LogP contribution in [0.4, 0.5) is 5.69 Å². The fraction of sp³-hybridized carbons (Fsp3) is 0.342. The van der Waals surface area contributed by atoms with Crippen LogP contribution in [0.15, 0.2) is 83.5 Å². The molecule has 3 heteroatoms. The molecule has 0 saturated heterocycles. The maximum atomic E-state index is 5.15. The van der Waals surface area contributed by atoms with Crippen molar-refractivity contribution in [3.05, 3.63) is 145 Å². The molecule has 3 aromatic rings. The zero-order chi connectivity index (χ0) is 29.5. The minimum atomic E-state index is 0. The van der Waals surface area contributed by atoms with E-state index in [0.717, 1.165) is 53.8 Å². The first-order chi connectivity index (χ1) is 19.1. The molecule has 1 radical (unpaired) electrons. The van der Waals surface area contributed by atoms with Crippen LogP contribution in [0, 0.1) is 27.7 Å². The van der Waals surface area contributed by atoms with Crippen LogP contribution >= 0.6 is 0 Å². The molecule has 0 saturated carbocycles. The van der Waals surface area contributed by atoms with Crippen LogP contribution < -0.4 is 0 Å². The third-order valence-electron chi connectivity index (χ3n) is 6.88. The van der Waals surface area contributed by atoms with E-state index in [0.29, 0.717) is 11.8 Å². The van der Waals surface area contributed by atoms with Gasteiger partial charge in [0.2, 0.25) is 0 Å². The number of allylic oxidation sites excluding steroid dienone is 2. The Morgan fingerprint density at radius 2 is 1.32 bits per heavy atom. The number of nitrogens with zero attached hydrogens (tertiary/aromatic N) is 2. The van der Waals surface area contributed by atoms with Crippen molar-refractivity contribution >= 4 is 11.4 Å². The van der Waals surface area contributed by atoms with Gasteiger partial charge in [-0.1, -0.05) is 99.7 Å². The molecular formula is C38H49N2Sc-. The van der Waals surface area contributed by atoms with Crippen LogP contribution in [-0.2, 0) is 25.8 Å². The number of hydrogen-bond donors (Lipinski definition) is 0. The Kier molecular flexibility index (Phi) is 17.1. The largest absolute Gasteiger partial charge is 0.656 e. The van der Waals surface area contributed by atoms with Crippen molar-refractivity contribution in [1.82, 2.24) is 0 Å². The summed E-state index contributed by atoms with van der Waals surface area (Å²) < 4.78 is 0. The van der Waals surface area contributed by atoms with E-state index in [-0.39, 0.29) is 25.8 Å². The fourth-order valence-electron chi connectivity index (χ4n) is 4.27. The topological polar surface area (TPSA) is 26.5 Å². The summed E-state index contributed by atoms with van der Waals surface area (Å²) in [5.41, 5.74) is 10.2. The minimum absolute atomic E-state index is 0. The monoisotopic (exact) mass is 578 g/mol. The molecule has 0 unspecified atom stereocenters. The van der Waals surface area contributed by atoms with Crippen molar-refractivity contribution < 1.29 is 25.8 Å². The van der Waals surface area contributed by atoms with Crippen molar-refractivity contribution in [3.8, 4) is 0 Å². The average Bonchev–Trinajstić information content (AvgIpc) is 2.93. The Labute approximate surface area is 271 Å². The maximum absolute atomic E-state index is 5.15. The molecule has 0 heterocycles.